The van der Waals surface area contributed by atoms with Gasteiger partial charge in [0, 0.05) is 31.6 Å². The summed E-state index contributed by atoms with van der Waals surface area (Å²) in [4.78, 5) is 26.5. The number of benzene rings is 1. The first-order chi connectivity index (χ1) is 12.2. The van der Waals surface area contributed by atoms with Gasteiger partial charge in [0.1, 0.15) is 0 Å². The molecule has 25 heavy (non-hydrogen) atoms. The van der Waals surface area contributed by atoms with E-state index in [0.717, 1.165) is 24.9 Å². The van der Waals surface area contributed by atoms with Crippen molar-refractivity contribution in [2.24, 2.45) is 5.92 Å². The van der Waals surface area contributed by atoms with Crippen molar-refractivity contribution in [3.05, 3.63) is 47.7 Å². The number of hydrogen-bond acceptors (Lipinski definition) is 2. The van der Waals surface area contributed by atoms with Crippen molar-refractivity contribution < 1.29 is 9.59 Å². The maximum atomic E-state index is 12.6. The Balaban J connectivity index is 1.40. The third-order valence-corrected chi connectivity index (χ3v) is 5.20. The summed E-state index contributed by atoms with van der Waals surface area (Å²) in [6.45, 7) is 1.40. The highest BCUT2D eigenvalue weighted by molar-refractivity contribution is 5.80. The van der Waals surface area contributed by atoms with Crippen LogP contribution in [0.2, 0.25) is 0 Å². The molecule has 1 heterocycles. The van der Waals surface area contributed by atoms with Crippen molar-refractivity contribution in [2.45, 2.75) is 57.9 Å². The van der Waals surface area contributed by atoms with Crippen molar-refractivity contribution in [1.29, 1.82) is 0 Å². The molecule has 0 aromatic heterocycles. The second kappa shape index (κ2) is 8.84. The predicted molar refractivity (Wildman–Crippen MR) is 98.5 cm³/mol. The number of amides is 2. The summed E-state index contributed by atoms with van der Waals surface area (Å²) in [5.74, 6) is 0.791. The van der Waals surface area contributed by atoms with Crippen LogP contribution in [0.4, 0.5) is 0 Å². The lowest BCUT2D eigenvalue weighted by Crippen LogP contribution is -2.39. The molecule has 134 valence electrons. The highest BCUT2D eigenvalue weighted by Gasteiger charge is 2.29. The smallest absolute Gasteiger partial charge is 0.226 e. The molecular weight excluding hydrogens is 312 g/mol. The third-order valence-electron chi connectivity index (χ3n) is 5.20. The van der Waals surface area contributed by atoms with Crippen LogP contribution in [0, 0.1) is 5.92 Å². The molecule has 1 N–H and O–H groups in total. The van der Waals surface area contributed by atoms with Crippen molar-refractivity contribution in [2.75, 3.05) is 6.54 Å². The monoisotopic (exact) mass is 340 g/mol. The number of allylic oxidation sites excluding steroid dienone is 2. The quantitative estimate of drug-likeness (QED) is 0.857. The first-order valence-electron chi connectivity index (χ1n) is 9.55. The van der Waals surface area contributed by atoms with Crippen LogP contribution in [-0.2, 0) is 16.1 Å². The molecular formula is C21H28N2O2. The number of rotatable bonds is 6. The van der Waals surface area contributed by atoms with Gasteiger partial charge in [-0.2, -0.15) is 0 Å². The summed E-state index contributed by atoms with van der Waals surface area (Å²) in [6.07, 6.45) is 9.64. The van der Waals surface area contributed by atoms with E-state index in [1.807, 2.05) is 35.2 Å². The fraction of sp³-hybridized carbons (Fsp3) is 0.524. The van der Waals surface area contributed by atoms with Crippen molar-refractivity contribution in [3.63, 3.8) is 0 Å². The molecule has 3 rings (SSSR count). The van der Waals surface area contributed by atoms with Crippen molar-refractivity contribution in [1.82, 2.24) is 10.2 Å². The molecule has 1 aromatic carbocycles. The van der Waals surface area contributed by atoms with E-state index in [0.29, 0.717) is 31.7 Å². The van der Waals surface area contributed by atoms with Crippen LogP contribution in [0.5, 0.6) is 0 Å². The van der Waals surface area contributed by atoms with Gasteiger partial charge in [0.25, 0.3) is 0 Å². The normalized spacial score (nSPS) is 19.8. The Morgan fingerprint density at radius 2 is 1.88 bits per heavy atom. The molecule has 2 aliphatic rings. The number of likely N-dealkylation sites (tertiary alicyclic amines) is 1. The van der Waals surface area contributed by atoms with E-state index in [4.69, 9.17) is 0 Å². The van der Waals surface area contributed by atoms with Gasteiger partial charge in [-0.3, -0.25) is 9.59 Å². The lowest BCUT2D eigenvalue weighted by molar-refractivity contribution is -0.130. The minimum atomic E-state index is 0.0186. The molecule has 1 aliphatic heterocycles. The summed E-state index contributed by atoms with van der Waals surface area (Å²) in [7, 11) is 0. The van der Waals surface area contributed by atoms with Gasteiger partial charge in [-0.25, -0.2) is 0 Å². The fourth-order valence-electron chi connectivity index (χ4n) is 3.87. The van der Waals surface area contributed by atoms with Gasteiger partial charge in [0.2, 0.25) is 11.8 Å². The first-order valence-corrected chi connectivity index (χ1v) is 9.55. The number of nitrogens with zero attached hydrogens (tertiary/aromatic N) is 1. The third kappa shape index (κ3) is 4.94. The minimum Gasteiger partial charge on any atom is -0.352 e. The molecule has 1 atom stereocenters. The Bertz CT molecular complexity index is 624. The van der Waals surface area contributed by atoms with Gasteiger partial charge in [-0.1, -0.05) is 36.4 Å². The van der Waals surface area contributed by atoms with Gasteiger partial charge in [0.15, 0.2) is 0 Å². The summed E-state index contributed by atoms with van der Waals surface area (Å²) in [5, 5.41) is 2.92. The largest absolute Gasteiger partial charge is 0.352 e. The lowest BCUT2D eigenvalue weighted by atomic mass is 9.85. The second-order valence-corrected chi connectivity index (χ2v) is 7.06. The number of carbonyl (C=O) groups is 2. The highest BCUT2D eigenvalue weighted by atomic mass is 16.2. The van der Waals surface area contributed by atoms with Gasteiger partial charge in [-0.05, 0) is 50.0 Å². The van der Waals surface area contributed by atoms with E-state index in [1.54, 1.807) is 0 Å². The molecule has 1 fully saturated rings. The lowest BCUT2D eigenvalue weighted by Gasteiger charge is -2.38. The zero-order chi connectivity index (χ0) is 17.5. The second-order valence-electron chi connectivity index (χ2n) is 7.06. The Morgan fingerprint density at radius 1 is 1.08 bits per heavy atom. The molecule has 0 bridgehead atoms. The van der Waals surface area contributed by atoms with E-state index in [9.17, 15) is 9.59 Å². The number of fused-ring (bicyclic) bond motifs is 1. The number of piperidine rings is 1. The summed E-state index contributed by atoms with van der Waals surface area (Å²) < 4.78 is 0. The number of hydrogen-bond donors (Lipinski definition) is 1. The molecule has 1 aromatic rings. The zero-order valence-electron chi connectivity index (χ0n) is 14.9. The van der Waals surface area contributed by atoms with Gasteiger partial charge in [-0.15, -0.1) is 0 Å². The van der Waals surface area contributed by atoms with E-state index < -0.39 is 0 Å². The molecule has 1 aliphatic carbocycles. The Labute approximate surface area is 150 Å². The maximum Gasteiger partial charge on any atom is 0.226 e. The van der Waals surface area contributed by atoms with E-state index in [1.165, 1.54) is 25.0 Å². The summed E-state index contributed by atoms with van der Waals surface area (Å²) >= 11 is 0. The van der Waals surface area contributed by atoms with E-state index in [-0.39, 0.29) is 11.8 Å². The van der Waals surface area contributed by atoms with E-state index in [2.05, 4.69) is 11.4 Å². The van der Waals surface area contributed by atoms with Crippen LogP contribution >= 0.6 is 0 Å². The maximum absolute atomic E-state index is 12.6. The average Bonchev–Trinajstić information content (AvgIpc) is 2.66. The topological polar surface area (TPSA) is 49.4 Å². The number of carbonyl (C=O) groups excluding carboxylic acids is 2. The molecule has 4 heteroatoms. The van der Waals surface area contributed by atoms with Crippen LogP contribution in [0.15, 0.2) is 42.1 Å². The minimum absolute atomic E-state index is 0.0186. The number of nitrogens with one attached hydrogen (secondary N) is 1. The van der Waals surface area contributed by atoms with Crippen LogP contribution in [0.25, 0.3) is 0 Å². The molecule has 0 spiro atoms. The molecule has 4 nitrogen and oxygen atoms in total. The standard InChI is InChI=1S/C21H28N2O2/c24-20(22-16-17-8-2-1-3-9-17)13-6-14-21(25)23-15-7-11-18-10-4-5-12-19(18)23/h1-3,8-9,12,18H,4-7,10-11,13-16H2,(H,22,24). The molecule has 2 amide bonds. The average molecular weight is 340 g/mol. The van der Waals surface area contributed by atoms with Crippen LogP contribution in [-0.4, -0.2) is 23.3 Å². The van der Waals surface area contributed by atoms with Gasteiger partial charge in [0.05, 0.1) is 0 Å². The highest BCUT2D eigenvalue weighted by Crippen LogP contribution is 2.35. The SMILES string of the molecule is O=C(CCCC(=O)N1CCCC2CCCC=C21)NCc1ccccc1. The van der Waals surface area contributed by atoms with Crippen LogP contribution in [0.1, 0.15) is 56.9 Å². The summed E-state index contributed by atoms with van der Waals surface area (Å²) in [5.41, 5.74) is 2.35. The predicted octanol–water partition coefficient (Wildman–Crippen LogP) is 3.78. The van der Waals surface area contributed by atoms with Crippen molar-refractivity contribution >= 4 is 11.8 Å². The fourth-order valence-corrected chi connectivity index (χ4v) is 3.87. The Hall–Kier alpha value is -2.10. The Kier molecular flexibility index (Phi) is 6.26. The molecule has 0 radical (unpaired) electrons. The van der Waals surface area contributed by atoms with Gasteiger partial charge < -0.3 is 10.2 Å². The zero-order valence-corrected chi connectivity index (χ0v) is 14.9. The summed E-state index contributed by atoms with van der Waals surface area (Å²) in [6, 6.07) is 9.88. The first kappa shape index (κ1) is 17.7. The Morgan fingerprint density at radius 3 is 2.72 bits per heavy atom. The van der Waals surface area contributed by atoms with Gasteiger partial charge >= 0.3 is 0 Å². The van der Waals surface area contributed by atoms with E-state index >= 15 is 0 Å². The molecule has 1 saturated heterocycles. The molecule has 0 saturated carbocycles. The van der Waals surface area contributed by atoms with Crippen LogP contribution < -0.4 is 5.32 Å². The molecule has 1 unspecified atom stereocenters. The van der Waals surface area contributed by atoms with Crippen LogP contribution in [0.3, 0.4) is 0 Å². The van der Waals surface area contributed by atoms with Crippen molar-refractivity contribution in [3.8, 4) is 0 Å².